The molecule has 5 nitrogen and oxygen atoms in total. The predicted octanol–water partition coefficient (Wildman–Crippen LogP) is 3.29. The van der Waals surface area contributed by atoms with Gasteiger partial charge in [0, 0.05) is 24.2 Å². The van der Waals surface area contributed by atoms with Gasteiger partial charge in [-0.3, -0.25) is 10.1 Å². The Bertz CT molecular complexity index is 632. The maximum atomic E-state index is 10.6. The van der Waals surface area contributed by atoms with Gasteiger partial charge in [0.05, 0.1) is 9.95 Å². The summed E-state index contributed by atoms with van der Waals surface area (Å²) in [5, 5.41) is 10.9. The molecular formula is C14H13ClN2O3. The van der Waals surface area contributed by atoms with Crippen molar-refractivity contribution in [3.63, 3.8) is 0 Å². The van der Waals surface area contributed by atoms with Crippen LogP contribution in [0.5, 0.6) is 5.75 Å². The molecule has 0 saturated carbocycles. The van der Waals surface area contributed by atoms with Crippen LogP contribution >= 0.6 is 11.6 Å². The molecule has 0 atom stereocenters. The lowest BCUT2D eigenvalue weighted by Gasteiger charge is -2.08. The third-order valence-corrected chi connectivity index (χ3v) is 3.13. The fourth-order valence-corrected chi connectivity index (χ4v) is 1.92. The molecule has 0 aliphatic heterocycles. The van der Waals surface area contributed by atoms with E-state index in [2.05, 4.69) is 0 Å². The molecule has 6 heteroatoms. The van der Waals surface area contributed by atoms with Gasteiger partial charge in [0.1, 0.15) is 12.4 Å². The fourth-order valence-electron chi connectivity index (χ4n) is 1.69. The number of hydrogen-bond acceptors (Lipinski definition) is 4. The first kappa shape index (κ1) is 14.3. The molecular weight excluding hydrogens is 280 g/mol. The van der Waals surface area contributed by atoms with E-state index in [4.69, 9.17) is 22.1 Å². The number of benzene rings is 2. The second kappa shape index (κ2) is 6.36. The van der Waals surface area contributed by atoms with Crippen molar-refractivity contribution in [3.8, 4) is 5.75 Å². The summed E-state index contributed by atoms with van der Waals surface area (Å²) in [5.41, 5.74) is 7.18. The van der Waals surface area contributed by atoms with Crippen LogP contribution in [0.25, 0.3) is 0 Å². The Kier molecular flexibility index (Phi) is 4.55. The molecule has 0 amide bonds. The van der Waals surface area contributed by atoms with Crippen molar-refractivity contribution in [2.75, 3.05) is 0 Å². The molecule has 104 valence electrons. The lowest BCUT2D eigenvalue weighted by Crippen LogP contribution is -1.99. The molecule has 2 aromatic carbocycles. The van der Waals surface area contributed by atoms with E-state index in [1.165, 1.54) is 12.1 Å². The highest BCUT2D eigenvalue weighted by molar-refractivity contribution is 6.31. The quantitative estimate of drug-likeness (QED) is 0.677. The normalized spacial score (nSPS) is 10.3. The highest BCUT2D eigenvalue weighted by Crippen LogP contribution is 2.24. The van der Waals surface area contributed by atoms with E-state index in [9.17, 15) is 10.1 Å². The van der Waals surface area contributed by atoms with Crippen molar-refractivity contribution >= 4 is 17.3 Å². The third-order valence-electron chi connectivity index (χ3n) is 2.78. The van der Waals surface area contributed by atoms with Gasteiger partial charge in [-0.1, -0.05) is 23.7 Å². The van der Waals surface area contributed by atoms with Gasteiger partial charge in [-0.05, 0) is 23.8 Å². The molecule has 0 unspecified atom stereocenters. The summed E-state index contributed by atoms with van der Waals surface area (Å²) in [6.45, 7) is 0.681. The Labute approximate surface area is 121 Å². The number of hydrogen-bond donors (Lipinski definition) is 1. The Balaban J connectivity index is 2.08. The second-order valence-corrected chi connectivity index (χ2v) is 4.58. The van der Waals surface area contributed by atoms with Crippen LogP contribution < -0.4 is 10.5 Å². The first-order valence-corrected chi connectivity index (χ1v) is 6.32. The van der Waals surface area contributed by atoms with Gasteiger partial charge in [0.2, 0.25) is 0 Å². The molecule has 0 fully saturated rings. The summed E-state index contributed by atoms with van der Waals surface area (Å²) in [5.74, 6) is 0.683. The van der Waals surface area contributed by atoms with E-state index in [1.807, 2.05) is 24.3 Å². The van der Waals surface area contributed by atoms with Crippen molar-refractivity contribution < 1.29 is 9.66 Å². The van der Waals surface area contributed by atoms with Crippen molar-refractivity contribution in [1.29, 1.82) is 0 Å². The summed E-state index contributed by atoms with van der Waals surface area (Å²) >= 11 is 5.99. The zero-order valence-electron chi connectivity index (χ0n) is 10.6. The van der Waals surface area contributed by atoms with Gasteiger partial charge < -0.3 is 10.5 Å². The summed E-state index contributed by atoms with van der Waals surface area (Å²) in [6.07, 6.45) is 0. The average molecular weight is 293 g/mol. The fraction of sp³-hybridized carbons (Fsp3) is 0.143. The van der Waals surface area contributed by atoms with Crippen LogP contribution in [0.3, 0.4) is 0 Å². The number of rotatable bonds is 5. The van der Waals surface area contributed by atoms with Crippen molar-refractivity contribution in [2.24, 2.45) is 5.73 Å². The minimum absolute atomic E-state index is 0.0381. The second-order valence-electron chi connectivity index (χ2n) is 4.17. The Morgan fingerprint density at radius 1 is 1.25 bits per heavy atom. The Morgan fingerprint density at radius 2 is 2.05 bits per heavy atom. The van der Waals surface area contributed by atoms with E-state index in [1.54, 1.807) is 6.07 Å². The first-order chi connectivity index (χ1) is 9.60. The summed E-state index contributed by atoms with van der Waals surface area (Å²) in [6, 6.07) is 11.7. The van der Waals surface area contributed by atoms with Crippen molar-refractivity contribution in [1.82, 2.24) is 0 Å². The number of nitrogens with zero attached hydrogens (tertiary/aromatic N) is 1. The zero-order chi connectivity index (χ0) is 14.5. The average Bonchev–Trinajstić information content (AvgIpc) is 2.46. The van der Waals surface area contributed by atoms with E-state index < -0.39 is 4.92 Å². The molecule has 0 saturated heterocycles. The number of nitrogens with two attached hydrogens (primary N) is 1. The van der Waals surface area contributed by atoms with Gasteiger partial charge in [0.25, 0.3) is 5.69 Å². The van der Waals surface area contributed by atoms with Gasteiger partial charge in [-0.25, -0.2) is 0 Å². The molecule has 0 spiro atoms. The van der Waals surface area contributed by atoms with Crippen LogP contribution in [0.15, 0.2) is 42.5 Å². The largest absolute Gasteiger partial charge is 0.489 e. The molecule has 0 aliphatic rings. The lowest BCUT2D eigenvalue weighted by molar-refractivity contribution is -0.384. The van der Waals surface area contributed by atoms with Crippen LogP contribution in [-0.4, -0.2) is 4.92 Å². The smallest absolute Gasteiger partial charge is 0.270 e. The highest BCUT2D eigenvalue weighted by Gasteiger charge is 2.09. The summed E-state index contributed by atoms with van der Waals surface area (Å²) in [7, 11) is 0. The molecule has 2 N–H and O–H groups in total. The number of nitro benzene ring substituents is 1. The van der Waals surface area contributed by atoms with E-state index in [-0.39, 0.29) is 12.3 Å². The minimum Gasteiger partial charge on any atom is -0.489 e. The number of halogens is 1. The molecule has 2 aromatic rings. The molecule has 2 rings (SSSR count). The number of non-ortho nitro benzene ring substituents is 1. The summed E-state index contributed by atoms with van der Waals surface area (Å²) in [4.78, 5) is 10.1. The Hall–Kier alpha value is -2.11. The van der Waals surface area contributed by atoms with Crippen LogP contribution in [0.2, 0.25) is 5.02 Å². The molecule has 0 aliphatic carbocycles. The third kappa shape index (κ3) is 3.46. The van der Waals surface area contributed by atoms with E-state index in [0.717, 1.165) is 5.56 Å². The molecule has 0 radical (unpaired) electrons. The van der Waals surface area contributed by atoms with Gasteiger partial charge in [-0.15, -0.1) is 0 Å². The van der Waals surface area contributed by atoms with Crippen molar-refractivity contribution in [2.45, 2.75) is 13.2 Å². The first-order valence-electron chi connectivity index (χ1n) is 5.95. The zero-order valence-corrected chi connectivity index (χ0v) is 11.3. The maximum Gasteiger partial charge on any atom is 0.270 e. The topological polar surface area (TPSA) is 78.4 Å². The minimum atomic E-state index is -0.485. The predicted molar refractivity (Wildman–Crippen MR) is 76.8 cm³/mol. The van der Waals surface area contributed by atoms with Gasteiger partial charge in [0.15, 0.2) is 0 Å². The van der Waals surface area contributed by atoms with E-state index in [0.29, 0.717) is 22.9 Å². The van der Waals surface area contributed by atoms with Crippen molar-refractivity contribution in [3.05, 3.63) is 68.7 Å². The standard InChI is InChI=1S/C14H13ClN2O3/c15-14-7-12(17(18)19)5-4-11(14)9-20-13-3-1-2-10(6-13)8-16/h1-7H,8-9,16H2. The van der Waals surface area contributed by atoms with E-state index >= 15 is 0 Å². The maximum absolute atomic E-state index is 10.6. The highest BCUT2D eigenvalue weighted by atomic mass is 35.5. The number of ether oxygens (including phenoxy) is 1. The molecule has 0 heterocycles. The van der Waals surface area contributed by atoms with Crippen LogP contribution in [0, 0.1) is 10.1 Å². The Morgan fingerprint density at radius 3 is 2.70 bits per heavy atom. The molecule has 0 aromatic heterocycles. The van der Waals surface area contributed by atoms with Crippen LogP contribution in [0.1, 0.15) is 11.1 Å². The van der Waals surface area contributed by atoms with Gasteiger partial charge in [-0.2, -0.15) is 0 Å². The lowest BCUT2D eigenvalue weighted by atomic mass is 10.2. The monoisotopic (exact) mass is 292 g/mol. The molecule has 20 heavy (non-hydrogen) atoms. The number of nitro groups is 1. The SMILES string of the molecule is NCc1cccc(OCc2ccc([N+](=O)[O-])cc2Cl)c1. The van der Waals surface area contributed by atoms with Crippen LogP contribution in [-0.2, 0) is 13.2 Å². The van der Waals surface area contributed by atoms with Gasteiger partial charge >= 0.3 is 0 Å². The molecule has 0 bridgehead atoms. The van der Waals surface area contributed by atoms with Crippen LogP contribution in [0.4, 0.5) is 5.69 Å². The summed E-state index contributed by atoms with van der Waals surface area (Å²) < 4.78 is 5.61.